The van der Waals surface area contributed by atoms with Crippen molar-refractivity contribution in [1.82, 2.24) is 14.6 Å². The minimum atomic E-state index is -4.02. The molecule has 3 rings (SSSR count). The maximum absolute atomic E-state index is 14.1. The number of fused-ring (bicyclic) bond motifs is 1. The lowest BCUT2D eigenvalue weighted by Crippen LogP contribution is -2.59. The maximum atomic E-state index is 14.1. The highest BCUT2D eigenvalue weighted by Gasteiger charge is 2.47. The molecule has 0 spiro atoms. The van der Waals surface area contributed by atoms with Gasteiger partial charge in [-0.3, -0.25) is 9.78 Å². The predicted molar refractivity (Wildman–Crippen MR) is 92.2 cm³/mol. The molecule has 6 nitrogen and oxygen atoms in total. The van der Waals surface area contributed by atoms with Gasteiger partial charge in [0.1, 0.15) is 6.04 Å². The number of benzene rings is 1. The molecule has 1 aromatic carbocycles. The van der Waals surface area contributed by atoms with E-state index in [4.69, 9.17) is 0 Å². The van der Waals surface area contributed by atoms with E-state index in [-0.39, 0.29) is 11.4 Å². The average Bonchev–Trinajstić information content (AvgIpc) is 2.62. The Morgan fingerprint density at radius 2 is 2.15 bits per heavy atom. The van der Waals surface area contributed by atoms with Gasteiger partial charge in [0.25, 0.3) is 5.92 Å². The molecule has 9 heteroatoms. The fraction of sp³-hybridized carbons (Fsp3) is 0.294. The number of carbonyl (C=O) groups excluding carboxylic acids is 1. The number of rotatable bonds is 4. The van der Waals surface area contributed by atoms with E-state index < -0.39 is 40.9 Å². The van der Waals surface area contributed by atoms with Crippen molar-refractivity contribution in [1.29, 1.82) is 0 Å². The summed E-state index contributed by atoms with van der Waals surface area (Å²) in [5, 5.41) is 3.22. The lowest BCUT2D eigenvalue weighted by atomic mass is 10.0. The quantitative estimate of drug-likeness (QED) is 0.821. The highest BCUT2D eigenvalue weighted by Crippen LogP contribution is 2.33. The molecular weight excluding hydrogens is 364 g/mol. The first kappa shape index (κ1) is 18.4. The summed E-state index contributed by atoms with van der Waals surface area (Å²) in [6, 6.07) is 4.68. The van der Waals surface area contributed by atoms with Gasteiger partial charge in [-0.15, -0.1) is 0 Å². The molecule has 1 aromatic heterocycles. The van der Waals surface area contributed by atoms with E-state index in [2.05, 4.69) is 16.9 Å². The second kappa shape index (κ2) is 6.73. The van der Waals surface area contributed by atoms with Crippen LogP contribution in [0.1, 0.15) is 6.42 Å². The number of alkyl halides is 2. The van der Waals surface area contributed by atoms with Gasteiger partial charge < -0.3 is 5.32 Å². The molecule has 1 aliphatic rings. The van der Waals surface area contributed by atoms with Crippen LogP contribution in [0.3, 0.4) is 0 Å². The second-order valence-electron chi connectivity index (χ2n) is 5.99. The largest absolute Gasteiger partial charge is 0.342 e. The van der Waals surface area contributed by atoms with E-state index in [9.17, 15) is 22.0 Å². The molecule has 2 aromatic rings. The van der Waals surface area contributed by atoms with Gasteiger partial charge >= 0.3 is 0 Å². The summed E-state index contributed by atoms with van der Waals surface area (Å²) < 4.78 is 55.3. The summed E-state index contributed by atoms with van der Waals surface area (Å²) in [6.07, 6.45) is 3.20. The van der Waals surface area contributed by atoms with Crippen LogP contribution in [0.25, 0.3) is 10.8 Å². The van der Waals surface area contributed by atoms with E-state index in [1.165, 1.54) is 18.5 Å². The van der Waals surface area contributed by atoms with Gasteiger partial charge in [0, 0.05) is 42.7 Å². The van der Waals surface area contributed by atoms with E-state index in [0.29, 0.717) is 10.8 Å². The lowest BCUT2D eigenvalue weighted by molar-refractivity contribution is -0.124. The first-order valence-corrected chi connectivity index (χ1v) is 9.33. The second-order valence-corrected chi connectivity index (χ2v) is 7.90. The van der Waals surface area contributed by atoms with Gasteiger partial charge in [-0.25, -0.2) is 17.2 Å². The Morgan fingerprint density at radius 3 is 2.88 bits per heavy atom. The highest BCUT2D eigenvalue weighted by atomic mass is 32.2. The first-order chi connectivity index (χ1) is 12.3. The highest BCUT2D eigenvalue weighted by molar-refractivity contribution is 7.89. The number of hydrogen-bond donors (Lipinski definition) is 1. The van der Waals surface area contributed by atoms with Gasteiger partial charge in [0.15, 0.2) is 0 Å². The molecule has 1 unspecified atom stereocenters. The summed E-state index contributed by atoms with van der Waals surface area (Å²) in [5.74, 6) is -3.97. The van der Waals surface area contributed by atoms with Crippen LogP contribution in [-0.4, -0.2) is 48.7 Å². The summed E-state index contributed by atoms with van der Waals surface area (Å²) in [5.41, 5.74) is 0. The van der Waals surface area contributed by atoms with Crippen LogP contribution in [0, 0.1) is 0 Å². The van der Waals surface area contributed by atoms with Gasteiger partial charge in [0.2, 0.25) is 15.9 Å². The average molecular weight is 381 g/mol. The SMILES string of the molecule is C=CC(=O)NC1CN(S(=O)(=O)c2cccc3cnccc23)CCC1(F)F. The number of hydrogen-bond acceptors (Lipinski definition) is 4. The summed E-state index contributed by atoms with van der Waals surface area (Å²) in [7, 11) is -4.02. The van der Waals surface area contributed by atoms with Crippen molar-refractivity contribution in [3.8, 4) is 0 Å². The minimum absolute atomic E-state index is 0.0245. The Kier molecular flexibility index (Phi) is 4.76. The summed E-state index contributed by atoms with van der Waals surface area (Å²) in [6.45, 7) is 2.38. The van der Waals surface area contributed by atoms with Crippen molar-refractivity contribution in [3.05, 3.63) is 49.3 Å². The van der Waals surface area contributed by atoms with E-state index in [1.807, 2.05) is 0 Å². The number of nitrogens with one attached hydrogen (secondary N) is 1. The predicted octanol–water partition coefficient (Wildman–Crippen LogP) is 1.94. The fourth-order valence-electron chi connectivity index (χ4n) is 2.93. The van der Waals surface area contributed by atoms with Crippen molar-refractivity contribution in [2.45, 2.75) is 23.3 Å². The van der Waals surface area contributed by atoms with Gasteiger partial charge in [-0.2, -0.15) is 4.31 Å². The number of carbonyl (C=O) groups is 1. The minimum Gasteiger partial charge on any atom is -0.342 e. The number of aromatic nitrogens is 1. The molecule has 1 N–H and O–H groups in total. The number of piperidine rings is 1. The lowest BCUT2D eigenvalue weighted by Gasteiger charge is -2.37. The normalized spacial score (nSPS) is 20.6. The number of nitrogens with zero attached hydrogens (tertiary/aromatic N) is 2. The maximum Gasteiger partial charge on any atom is 0.270 e. The number of sulfonamides is 1. The Hall–Kier alpha value is -2.39. The zero-order chi connectivity index (χ0) is 18.9. The molecule has 1 atom stereocenters. The molecule has 0 saturated carbocycles. The molecule has 0 bridgehead atoms. The Morgan fingerprint density at radius 1 is 1.38 bits per heavy atom. The third kappa shape index (κ3) is 3.32. The van der Waals surface area contributed by atoms with Crippen LogP contribution < -0.4 is 5.32 Å². The Balaban J connectivity index is 1.96. The monoisotopic (exact) mass is 381 g/mol. The van der Waals surface area contributed by atoms with E-state index in [0.717, 1.165) is 10.4 Å². The molecule has 1 aliphatic heterocycles. The molecule has 1 amide bonds. The van der Waals surface area contributed by atoms with Gasteiger partial charge in [-0.05, 0) is 18.2 Å². The molecule has 138 valence electrons. The van der Waals surface area contributed by atoms with Gasteiger partial charge in [0.05, 0.1) is 4.90 Å². The van der Waals surface area contributed by atoms with Crippen LogP contribution in [0.15, 0.2) is 54.2 Å². The molecular formula is C17H17F2N3O3S. The fourth-order valence-corrected chi connectivity index (χ4v) is 4.60. The third-order valence-corrected chi connectivity index (χ3v) is 6.27. The number of pyridine rings is 1. The van der Waals surface area contributed by atoms with Crippen LogP contribution in [-0.2, 0) is 14.8 Å². The molecule has 1 fully saturated rings. The summed E-state index contributed by atoms with van der Waals surface area (Å²) in [4.78, 5) is 15.4. The van der Waals surface area contributed by atoms with Crippen LogP contribution >= 0.6 is 0 Å². The Bertz CT molecular complexity index is 957. The van der Waals surface area contributed by atoms with E-state index >= 15 is 0 Å². The van der Waals surface area contributed by atoms with Crippen LogP contribution in [0.2, 0.25) is 0 Å². The van der Waals surface area contributed by atoms with Crippen molar-refractivity contribution in [3.63, 3.8) is 0 Å². The first-order valence-electron chi connectivity index (χ1n) is 7.89. The van der Waals surface area contributed by atoms with Gasteiger partial charge in [-0.1, -0.05) is 18.7 Å². The Labute approximate surface area is 149 Å². The topological polar surface area (TPSA) is 79.4 Å². The zero-order valence-corrected chi connectivity index (χ0v) is 14.5. The number of halogens is 2. The standard InChI is InChI=1S/C17H17F2N3O3S/c1-2-16(23)21-15-11-22(9-7-17(15,18)19)26(24,25)14-5-3-4-12-10-20-8-6-13(12)14/h2-6,8,10,15H,1,7,9,11H2,(H,21,23). The third-order valence-electron chi connectivity index (χ3n) is 4.35. The molecule has 1 saturated heterocycles. The van der Waals surface area contributed by atoms with E-state index in [1.54, 1.807) is 18.2 Å². The van der Waals surface area contributed by atoms with Crippen molar-refractivity contribution in [2.24, 2.45) is 0 Å². The van der Waals surface area contributed by atoms with Crippen LogP contribution in [0.4, 0.5) is 8.78 Å². The van der Waals surface area contributed by atoms with Crippen molar-refractivity contribution >= 4 is 26.7 Å². The zero-order valence-electron chi connectivity index (χ0n) is 13.7. The summed E-state index contributed by atoms with van der Waals surface area (Å²) >= 11 is 0. The molecule has 2 heterocycles. The molecule has 0 aliphatic carbocycles. The molecule has 26 heavy (non-hydrogen) atoms. The molecule has 0 radical (unpaired) electrons. The number of amides is 1. The van der Waals surface area contributed by atoms with Crippen molar-refractivity contribution in [2.75, 3.05) is 13.1 Å². The van der Waals surface area contributed by atoms with Crippen molar-refractivity contribution < 1.29 is 22.0 Å². The smallest absolute Gasteiger partial charge is 0.270 e. The van der Waals surface area contributed by atoms with Crippen LogP contribution in [0.5, 0.6) is 0 Å².